The first kappa shape index (κ1) is 23.2. The number of nitrogens with zero attached hydrogens (tertiary/aromatic N) is 1. The van der Waals surface area contributed by atoms with Gasteiger partial charge in [0.25, 0.3) is 0 Å². The molecule has 2 unspecified atom stereocenters. The standard InChI is InChI=1S/C26H33ClN2O2/c1-5-31-26(30)29-13-12-21(23-16-22(27)10-11-24(23)28)15-25(29)18(4)14-19-6-8-20(9-7-19)17(2)3/h6-11,15-18,25H,5,12-14,28H2,1-4H3. The highest BCUT2D eigenvalue weighted by atomic mass is 35.5. The van der Waals surface area contributed by atoms with Crippen molar-refractivity contribution in [3.63, 3.8) is 0 Å². The third kappa shape index (κ3) is 5.62. The molecule has 166 valence electrons. The minimum Gasteiger partial charge on any atom is -0.450 e. The molecule has 2 atom stereocenters. The number of rotatable bonds is 6. The second kappa shape index (κ2) is 10.2. The van der Waals surface area contributed by atoms with E-state index in [4.69, 9.17) is 22.1 Å². The zero-order valence-corrected chi connectivity index (χ0v) is 19.7. The van der Waals surface area contributed by atoms with E-state index >= 15 is 0 Å². The average molecular weight is 441 g/mol. The molecule has 1 amide bonds. The molecule has 0 bridgehead atoms. The second-order valence-electron chi connectivity index (χ2n) is 8.63. The molecule has 1 aliphatic rings. The fraction of sp³-hybridized carbons (Fsp3) is 0.423. The molecule has 0 radical (unpaired) electrons. The maximum Gasteiger partial charge on any atom is 0.410 e. The Balaban J connectivity index is 1.89. The van der Waals surface area contributed by atoms with Gasteiger partial charge in [0.2, 0.25) is 0 Å². The Morgan fingerprint density at radius 2 is 1.90 bits per heavy atom. The summed E-state index contributed by atoms with van der Waals surface area (Å²) in [6.07, 6.45) is 3.50. The average Bonchev–Trinajstić information content (AvgIpc) is 2.75. The Bertz CT molecular complexity index is 937. The number of nitrogen functional groups attached to an aromatic ring is 1. The molecule has 2 aromatic carbocycles. The van der Waals surface area contributed by atoms with Gasteiger partial charge in [-0.2, -0.15) is 0 Å². The lowest BCUT2D eigenvalue weighted by molar-refractivity contribution is 0.0870. The van der Waals surface area contributed by atoms with Crippen molar-refractivity contribution >= 4 is 29.0 Å². The van der Waals surface area contributed by atoms with Gasteiger partial charge in [-0.05, 0) is 66.5 Å². The molecule has 2 N–H and O–H groups in total. The number of benzene rings is 2. The van der Waals surface area contributed by atoms with Gasteiger partial charge in [0.15, 0.2) is 0 Å². The maximum absolute atomic E-state index is 12.7. The number of nitrogens with two attached hydrogens (primary N) is 1. The van der Waals surface area contributed by atoms with Crippen molar-refractivity contribution in [1.29, 1.82) is 0 Å². The van der Waals surface area contributed by atoms with Crippen molar-refractivity contribution in [3.8, 4) is 0 Å². The molecule has 0 saturated heterocycles. The maximum atomic E-state index is 12.7. The van der Waals surface area contributed by atoms with Crippen molar-refractivity contribution in [2.75, 3.05) is 18.9 Å². The minimum absolute atomic E-state index is 0.0778. The monoisotopic (exact) mass is 440 g/mol. The van der Waals surface area contributed by atoms with E-state index in [2.05, 4.69) is 51.1 Å². The fourth-order valence-electron chi connectivity index (χ4n) is 4.22. The zero-order chi connectivity index (χ0) is 22.5. The van der Waals surface area contributed by atoms with Gasteiger partial charge in [-0.3, -0.25) is 0 Å². The van der Waals surface area contributed by atoms with Crippen LogP contribution in [0.25, 0.3) is 5.57 Å². The number of amides is 1. The van der Waals surface area contributed by atoms with Crippen LogP contribution in [0.3, 0.4) is 0 Å². The first-order chi connectivity index (χ1) is 14.8. The normalized spacial score (nSPS) is 17.4. The minimum atomic E-state index is -0.260. The molecule has 0 saturated carbocycles. The molecular formula is C26H33ClN2O2. The van der Waals surface area contributed by atoms with Crippen LogP contribution in [0.1, 0.15) is 56.7 Å². The van der Waals surface area contributed by atoms with Gasteiger partial charge in [0, 0.05) is 22.8 Å². The molecule has 0 fully saturated rings. The molecule has 1 aliphatic heterocycles. The van der Waals surface area contributed by atoms with Crippen molar-refractivity contribution in [3.05, 3.63) is 70.3 Å². The molecule has 0 spiro atoms. The Kier molecular flexibility index (Phi) is 7.66. The van der Waals surface area contributed by atoms with Crippen LogP contribution in [0.2, 0.25) is 5.02 Å². The largest absolute Gasteiger partial charge is 0.450 e. The lowest BCUT2D eigenvalue weighted by Gasteiger charge is -2.37. The highest BCUT2D eigenvalue weighted by Gasteiger charge is 2.32. The summed E-state index contributed by atoms with van der Waals surface area (Å²) in [5.41, 5.74) is 11.6. The summed E-state index contributed by atoms with van der Waals surface area (Å²) in [4.78, 5) is 14.5. The van der Waals surface area contributed by atoms with Gasteiger partial charge in [0.05, 0.1) is 12.6 Å². The summed E-state index contributed by atoms with van der Waals surface area (Å²) < 4.78 is 5.35. The number of hydrogen-bond acceptors (Lipinski definition) is 3. The SMILES string of the molecule is CCOC(=O)N1CCC(c2cc(Cl)ccc2N)=CC1C(C)Cc1ccc(C(C)C)cc1. The van der Waals surface area contributed by atoms with E-state index in [1.165, 1.54) is 11.1 Å². The Labute approximate surface area is 191 Å². The summed E-state index contributed by atoms with van der Waals surface area (Å²) in [5.74, 6) is 0.725. The van der Waals surface area contributed by atoms with Crippen LogP contribution in [-0.4, -0.2) is 30.2 Å². The molecular weight excluding hydrogens is 408 g/mol. The third-order valence-electron chi connectivity index (χ3n) is 6.00. The van der Waals surface area contributed by atoms with Crippen LogP contribution in [0.5, 0.6) is 0 Å². The Hall–Kier alpha value is -2.46. The van der Waals surface area contributed by atoms with E-state index in [-0.39, 0.29) is 18.1 Å². The summed E-state index contributed by atoms with van der Waals surface area (Å²) in [6, 6.07) is 14.3. The first-order valence-corrected chi connectivity index (χ1v) is 11.5. The summed E-state index contributed by atoms with van der Waals surface area (Å²) in [6.45, 7) is 9.39. The predicted molar refractivity (Wildman–Crippen MR) is 129 cm³/mol. The Morgan fingerprint density at radius 3 is 2.55 bits per heavy atom. The van der Waals surface area contributed by atoms with Gasteiger partial charge in [-0.25, -0.2) is 4.79 Å². The van der Waals surface area contributed by atoms with E-state index in [1.807, 2.05) is 24.0 Å². The van der Waals surface area contributed by atoms with Gasteiger partial charge >= 0.3 is 6.09 Å². The second-order valence-corrected chi connectivity index (χ2v) is 9.07. The van der Waals surface area contributed by atoms with Crippen molar-refractivity contribution < 1.29 is 9.53 Å². The van der Waals surface area contributed by atoms with E-state index in [0.717, 1.165) is 24.0 Å². The van der Waals surface area contributed by atoms with Crippen LogP contribution < -0.4 is 5.73 Å². The molecule has 4 nitrogen and oxygen atoms in total. The summed E-state index contributed by atoms with van der Waals surface area (Å²) in [7, 11) is 0. The van der Waals surface area contributed by atoms with E-state index in [1.54, 1.807) is 6.07 Å². The molecule has 31 heavy (non-hydrogen) atoms. The van der Waals surface area contributed by atoms with Crippen LogP contribution in [-0.2, 0) is 11.2 Å². The summed E-state index contributed by atoms with van der Waals surface area (Å²) in [5, 5.41) is 0.660. The molecule has 2 aromatic rings. The van der Waals surface area contributed by atoms with Gasteiger partial charge in [-0.15, -0.1) is 0 Å². The fourth-order valence-corrected chi connectivity index (χ4v) is 4.39. The molecule has 3 rings (SSSR count). The molecule has 0 aliphatic carbocycles. The smallest absolute Gasteiger partial charge is 0.410 e. The van der Waals surface area contributed by atoms with Crippen molar-refractivity contribution in [2.45, 2.75) is 52.5 Å². The lowest BCUT2D eigenvalue weighted by Crippen LogP contribution is -2.46. The zero-order valence-electron chi connectivity index (χ0n) is 18.9. The highest BCUT2D eigenvalue weighted by Crippen LogP contribution is 2.34. The number of anilines is 1. The van der Waals surface area contributed by atoms with Crippen molar-refractivity contribution in [1.82, 2.24) is 4.90 Å². The van der Waals surface area contributed by atoms with Gasteiger partial charge < -0.3 is 15.4 Å². The number of halogens is 1. The first-order valence-electron chi connectivity index (χ1n) is 11.1. The number of hydrogen-bond donors (Lipinski definition) is 1. The van der Waals surface area contributed by atoms with Crippen molar-refractivity contribution in [2.24, 2.45) is 5.92 Å². The van der Waals surface area contributed by atoms with E-state index < -0.39 is 0 Å². The number of carbonyl (C=O) groups excluding carboxylic acids is 1. The number of ether oxygens (including phenoxy) is 1. The van der Waals surface area contributed by atoms with E-state index in [0.29, 0.717) is 29.8 Å². The van der Waals surface area contributed by atoms with Crippen LogP contribution in [0.4, 0.5) is 10.5 Å². The highest BCUT2D eigenvalue weighted by molar-refractivity contribution is 6.30. The topological polar surface area (TPSA) is 55.6 Å². The van der Waals surface area contributed by atoms with Crippen LogP contribution >= 0.6 is 11.6 Å². The Morgan fingerprint density at radius 1 is 1.19 bits per heavy atom. The van der Waals surface area contributed by atoms with Gasteiger partial charge in [0.1, 0.15) is 0 Å². The van der Waals surface area contributed by atoms with Gasteiger partial charge in [-0.1, -0.05) is 62.7 Å². The predicted octanol–water partition coefficient (Wildman–Crippen LogP) is 6.54. The van der Waals surface area contributed by atoms with Crippen LogP contribution in [0.15, 0.2) is 48.5 Å². The quantitative estimate of drug-likeness (QED) is 0.519. The molecule has 5 heteroatoms. The van der Waals surface area contributed by atoms with Crippen LogP contribution in [0, 0.1) is 5.92 Å². The number of carbonyl (C=O) groups is 1. The van der Waals surface area contributed by atoms with E-state index in [9.17, 15) is 4.79 Å². The third-order valence-corrected chi connectivity index (χ3v) is 6.24. The molecule has 0 aromatic heterocycles. The summed E-state index contributed by atoms with van der Waals surface area (Å²) >= 11 is 6.23. The molecule has 1 heterocycles. The lowest BCUT2D eigenvalue weighted by atomic mass is 9.86.